The fraction of sp³-hybridized carbons (Fsp3) is 0.724. The molecule has 0 atom stereocenters. The molecule has 0 bridgehead atoms. The van der Waals surface area contributed by atoms with Gasteiger partial charge >= 0.3 is 0 Å². The second kappa shape index (κ2) is 34.5. The molecule has 0 rings (SSSR count). The van der Waals surface area contributed by atoms with Crippen molar-refractivity contribution in [1.82, 2.24) is 0 Å². The van der Waals surface area contributed by atoms with Crippen molar-refractivity contribution in [2.45, 2.75) is 136 Å². The van der Waals surface area contributed by atoms with Gasteiger partial charge in [-0.25, -0.2) is 0 Å². The van der Waals surface area contributed by atoms with Gasteiger partial charge in [-0.2, -0.15) is 0 Å². The minimum atomic E-state index is 0.592. The van der Waals surface area contributed by atoms with Crippen molar-refractivity contribution < 1.29 is 0 Å². The van der Waals surface area contributed by atoms with E-state index in [1.54, 1.807) is 0 Å². The maximum Gasteiger partial charge on any atom is -0.0354 e. The van der Waals surface area contributed by atoms with Crippen LogP contribution < -0.4 is 0 Å². The lowest BCUT2D eigenvalue weighted by Crippen LogP contribution is -2.07. The van der Waals surface area contributed by atoms with E-state index in [2.05, 4.69) is 73.8 Å². The highest BCUT2D eigenvalue weighted by Gasteiger charge is 2.11. The third-order valence-electron chi connectivity index (χ3n) is 4.06. The van der Waals surface area contributed by atoms with Gasteiger partial charge in [0.05, 0.1) is 0 Å². The van der Waals surface area contributed by atoms with Crippen LogP contribution in [0.15, 0.2) is 47.6 Å². The van der Waals surface area contributed by atoms with E-state index < -0.39 is 0 Å². The topological polar surface area (TPSA) is 0 Å². The Balaban J connectivity index is -0.0000000624. The number of rotatable bonds is 6. The summed E-state index contributed by atoms with van der Waals surface area (Å²) in [6.45, 7) is 41.0. The Hall–Kier alpha value is -1.04. The minimum Gasteiger partial charge on any atom is -0.100 e. The first-order chi connectivity index (χ1) is 13.5. The summed E-state index contributed by atoms with van der Waals surface area (Å²) in [5, 5.41) is 0. The Bertz CT molecular complexity index is 375. The van der Waals surface area contributed by atoms with Crippen molar-refractivity contribution in [2.75, 3.05) is 0 Å². The van der Waals surface area contributed by atoms with Crippen LogP contribution in [0.5, 0.6) is 0 Å². The number of allylic oxidation sites excluding steroid dienone is 6. The highest BCUT2D eigenvalue weighted by atomic mass is 14.2. The molecule has 0 saturated heterocycles. The van der Waals surface area contributed by atoms with Gasteiger partial charge < -0.3 is 0 Å². The van der Waals surface area contributed by atoms with E-state index in [4.69, 9.17) is 0 Å². The molecule has 0 radical (unpaired) electrons. The molecule has 0 aromatic rings. The molecule has 0 aliphatic carbocycles. The van der Waals surface area contributed by atoms with Crippen LogP contribution in [0.3, 0.4) is 0 Å². The van der Waals surface area contributed by atoms with Crippen LogP contribution in [-0.2, 0) is 0 Å². The van der Waals surface area contributed by atoms with E-state index in [0.29, 0.717) is 5.41 Å². The van der Waals surface area contributed by atoms with E-state index in [1.807, 2.05) is 62.3 Å². The van der Waals surface area contributed by atoms with Gasteiger partial charge in [0.2, 0.25) is 0 Å². The summed E-state index contributed by atoms with van der Waals surface area (Å²) < 4.78 is 0. The monoisotopic (exact) mass is 410 g/mol. The summed E-state index contributed by atoms with van der Waals surface area (Å²) in [5.74, 6) is 0. The maximum atomic E-state index is 3.85. The minimum absolute atomic E-state index is 0.592. The summed E-state index contributed by atoms with van der Waals surface area (Å²) in [6, 6.07) is 0. The Morgan fingerprint density at radius 2 is 1.14 bits per heavy atom. The maximum absolute atomic E-state index is 3.85. The Labute approximate surface area is 189 Å². The van der Waals surface area contributed by atoms with Gasteiger partial charge in [0.1, 0.15) is 0 Å². The average molecular weight is 411 g/mol. The fourth-order valence-corrected chi connectivity index (χ4v) is 1.40. The van der Waals surface area contributed by atoms with Gasteiger partial charge in [-0.1, -0.05) is 124 Å². The predicted octanol–water partition coefficient (Wildman–Crippen LogP) is 11.7. The molecule has 178 valence electrons. The highest BCUT2D eigenvalue weighted by molar-refractivity contribution is 5.31. The first-order valence-electron chi connectivity index (χ1n) is 12.1. The zero-order chi connectivity index (χ0) is 25.1. The molecule has 0 fully saturated rings. The van der Waals surface area contributed by atoms with Gasteiger partial charge in [-0.05, 0) is 58.4 Å². The van der Waals surface area contributed by atoms with Gasteiger partial charge in [0.15, 0.2) is 0 Å². The molecule has 0 amide bonds. The van der Waals surface area contributed by atoms with Crippen LogP contribution in [0.2, 0.25) is 0 Å². The Morgan fingerprint density at radius 1 is 0.793 bits per heavy atom. The van der Waals surface area contributed by atoms with Crippen LogP contribution in [0.25, 0.3) is 0 Å². The summed E-state index contributed by atoms with van der Waals surface area (Å²) in [5.41, 5.74) is 5.54. The molecule has 0 aromatic carbocycles. The molecule has 0 N–H and O–H groups in total. The fourth-order valence-electron chi connectivity index (χ4n) is 1.40. The summed E-state index contributed by atoms with van der Waals surface area (Å²) in [6.07, 6.45) is 9.33. The van der Waals surface area contributed by atoms with Gasteiger partial charge in [-0.3, -0.25) is 0 Å². The lowest BCUT2D eigenvalue weighted by atomic mass is 9.86. The molecular formula is C29H62. The van der Waals surface area contributed by atoms with Crippen molar-refractivity contribution >= 4 is 0 Å². The van der Waals surface area contributed by atoms with Crippen molar-refractivity contribution in [3.05, 3.63) is 47.6 Å². The highest BCUT2D eigenvalue weighted by Crippen LogP contribution is 2.25. The first-order valence-corrected chi connectivity index (χ1v) is 12.1. The predicted molar refractivity (Wildman–Crippen MR) is 146 cm³/mol. The molecule has 0 heterocycles. The van der Waals surface area contributed by atoms with Gasteiger partial charge in [0, 0.05) is 0 Å². The van der Waals surface area contributed by atoms with Crippen LogP contribution in [0.4, 0.5) is 0 Å². The second-order valence-electron chi connectivity index (χ2n) is 7.22. The largest absolute Gasteiger partial charge is 0.100 e. The normalized spacial score (nSPS) is 9.93. The van der Waals surface area contributed by atoms with Crippen LogP contribution in [0, 0.1) is 5.41 Å². The quantitative estimate of drug-likeness (QED) is 0.301. The van der Waals surface area contributed by atoms with E-state index in [9.17, 15) is 0 Å². The van der Waals surface area contributed by atoms with Gasteiger partial charge in [-0.15, -0.1) is 6.58 Å². The smallest absolute Gasteiger partial charge is 0.0354 e. The summed E-state index contributed by atoms with van der Waals surface area (Å²) >= 11 is 0. The molecular weight excluding hydrogens is 348 g/mol. The lowest BCUT2D eigenvalue weighted by molar-refractivity contribution is 0.319. The first kappa shape index (κ1) is 42.1. The molecule has 0 nitrogen and oxygen atoms in total. The number of hydrogen-bond donors (Lipinski definition) is 0. The molecule has 0 saturated carbocycles. The molecule has 0 aliphatic rings. The van der Waals surface area contributed by atoms with Crippen LogP contribution in [0.1, 0.15) is 136 Å². The zero-order valence-corrected chi connectivity index (χ0v) is 23.9. The molecule has 0 aromatic heterocycles. The molecule has 29 heavy (non-hydrogen) atoms. The van der Waals surface area contributed by atoms with Crippen LogP contribution >= 0.6 is 0 Å². The standard InChI is InChI=1S/C10H16.C8H18.C5H10.3C2H6/c1-6-9(4)7-10(5)8(2)3;1-5-7-8(3,4)6-2;1-4-5(2)3;3*1-2/h6-7H,2H2,1,3-5H3;5-7H2,1-4H3;2,4H2,1,3H3;3*1-2H3/b9-6-,10-7-;;;;;. The van der Waals surface area contributed by atoms with E-state index in [0.717, 1.165) is 12.0 Å². The van der Waals surface area contributed by atoms with E-state index in [1.165, 1.54) is 36.0 Å². The van der Waals surface area contributed by atoms with E-state index >= 15 is 0 Å². The van der Waals surface area contributed by atoms with Crippen LogP contribution in [-0.4, -0.2) is 0 Å². The average Bonchev–Trinajstić information content (AvgIpc) is 2.73. The van der Waals surface area contributed by atoms with Crippen molar-refractivity contribution in [2.24, 2.45) is 5.41 Å². The summed E-state index contributed by atoms with van der Waals surface area (Å²) in [7, 11) is 0. The number of hydrogen-bond acceptors (Lipinski definition) is 0. The SMILES string of the molecule is C=C(C)/C(C)=C\C(C)=C/C.C=C(C)CC.CC.CC.CC.CCCC(C)(C)CC. The van der Waals surface area contributed by atoms with Crippen molar-refractivity contribution in [3.63, 3.8) is 0 Å². The third kappa shape index (κ3) is 52.1. The third-order valence-corrected chi connectivity index (χ3v) is 4.06. The molecule has 0 aliphatic heterocycles. The second-order valence-corrected chi connectivity index (χ2v) is 7.22. The molecule has 0 heteroatoms. The van der Waals surface area contributed by atoms with Crippen molar-refractivity contribution in [1.29, 1.82) is 0 Å². The van der Waals surface area contributed by atoms with Gasteiger partial charge in [0.25, 0.3) is 0 Å². The van der Waals surface area contributed by atoms with E-state index in [-0.39, 0.29) is 0 Å². The molecule has 0 spiro atoms. The Kier molecular flexibility index (Phi) is 50.1. The molecule has 0 unspecified atom stereocenters. The Morgan fingerprint density at radius 3 is 1.28 bits per heavy atom. The lowest BCUT2D eigenvalue weighted by Gasteiger charge is -2.20. The zero-order valence-electron chi connectivity index (χ0n) is 23.9. The van der Waals surface area contributed by atoms with Crippen molar-refractivity contribution in [3.8, 4) is 0 Å². The summed E-state index contributed by atoms with van der Waals surface area (Å²) in [4.78, 5) is 0.